The largest absolute Gasteiger partial charge is 0.331 e. The first-order valence-electron chi connectivity index (χ1n) is 4.19. The molecule has 1 heterocycles. The minimum atomic E-state index is 0.725. The molecule has 4 heteroatoms. The maximum atomic E-state index is 5.86. The van der Waals surface area contributed by atoms with Gasteiger partial charge in [-0.05, 0) is 25.1 Å². The predicted octanol–water partition coefficient (Wildman–Crippen LogP) is 3.85. The summed E-state index contributed by atoms with van der Waals surface area (Å²) in [4.78, 5) is 5.39. The standard InChI is InChI=1S/C10H9ClN2S/c1-7-6-12-10(14-7)13-9-4-2-3-8(11)5-9/h2-6H,1H3,(H,12,13). The van der Waals surface area contributed by atoms with Crippen molar-refractivity contribution in [1.29, 1.82) is 0 Å². The molecule has 0 aliphatic heterocycles. The molecule has 0 bridgehead atoms. The Labute approximate surface area is 91.6 Å². The first-order valence-corrected chi connectivity index (χ1v) is 5.38. The van der Waals surface area contributed by atoms with Crippen LogP contribution in [0.2, 0.25) is 5.02 Å². The fourth-order valence-electron chi connectivity index (χ4n) is 1.10. The van der Waals surface area contributed by atoms with Crippen molar-refractivity contribution in [3.8, 4) is 0 Å². The SMILES string of the molecule is Cc1cnc(Nc2cccc(Cl)c2)s1. The van der Waals surface area contributed by atoms with Crippen LogP contribution in [0.3, 0.4) is 0 Å². The van der Waals surface area contributed by atoms with E-state index in [1.165, 1.54) is 4.88 Å². The summed E-state index contributed by atoms with van der Waals surface area (Å²) in [5.41, 5.74) is 0.965. The van der Waals surface area contributed by atoms with E-state index in [1.54, 1.807) is 11.3 Å². The quantitative estimate of drug-likeness (QED) is 0.838. The van der Waals surface area contributed by atoms with Crippen molar-refractivity contribution in [1.82, 2.24) is 4.98 Å². The van der Waals surface area contributed by atoms with E-state index in [2.05, 4.69) is 10.3 Å². The van der Waals surface area contributed by atoms with E-state index in [0.29, 0.717) is 0 Å². The zero-order chi connectivity index (χ0) is 9.97. The highest BCUT2D eigenvalue weighted by Crippen LogP contribution is 2.23. The van der Waals surface area contributed by atoms with Crippen LogP contribution < -0.4 is 5.32 Å². The molecule has 1 N–H and O–H groups in total. The van der Waals surface area contributed by atoms with Crippen molar-refractivity contribution < 1.29 is 0 Å². The number of aryl methyl sites for hydroxylation is 1. The smallest absolute Gasteiger partial charge is 0.187 e. The normalized spacial score (nSPS) is 10.1. The molecule has 2 aromatic rings. The highest BCUT2D eigenvalue weighted by molar-refractivity contribution is 7.15. The summed E-state index contributed by atoms with van der Waals surface area (Å²) in [7, 11) is 0. The molecule has 0 radical (unpaired) electrons. The lowest BCUT2D eigenvalue weighted by Gasteiger charge is -2.01. The van der Waals surface area contributed by atoms with Crippen LogP contribution in [-0.4, -0.2) is 4.98 Å². The number of hydrogen-bond acceptors (Lipinski definition) is 3. The van der Waals surface area contributed by atoms with Gasteiger partial charge in [0.1, 0.15) is 0 Å². The lowest BCUT2D eigenvalue weighted by molar-refractivity contribution is 1.37. The summed E-state index contributed by atoms with van der Waals surface area (Å²) in [6, 6.07) is 7.59. The molecule has 0 saturated heterocycles. The second kappa shape index (κ2) is 3.98. The van der Waals surface area contributed by atoms with Gasteiger partial charge in [-0.25, -0.2) is 4.98 Å². The Morgan fingerprint density at radius 3 is 2.93 bits per heavy atom. The first kappa shape index (κ1) is 9.49. The van der Waals surface area contributed by atoms with E-state index in [4.69, 9.17) is 11.6 Å². The van der Waals surface area contributed by atoms with Gasteiger partial charge in [-0.1, -0.05) is 17.7 Å². The maximum Gasteiger partial charge on any atom is 0.187 e. The summed E-state index contributed by atoms with van der Waals surface area (Å²) in [5, 5.41) is 4.81. The second-order valence-corrected chi connectivity index (χ2v) is 4.58. The van der Waals surface area contributed by atoms with Crippen LogP contribution in [0, 0.1) is 6.92 Å². The fourth-order valence-corrected chi connectivity index (χ4v) is 1.98. The molecule has 0 unspecified atom stereocenters. The number of aromatic nitrogens is 1. The molecule has 0 spiro atoms. The van der Waals surface area contributed by atoms with Gasteiger partial charge in [-0.3, -0.25) is 0 Å². The van der Waals surface area contributed by atoms with E-state index in [0.717, 1.165) is 15.8 Å². The molecule has 0 saturated carbocycles. The Morgan fingerprint density at radius 2 is 2.29 bits per heavy atom. The number of rotatable bonds is 2. The van der Waals surface area contributed by atoms with Gasteiger partial charge in [0.05, 0.1) is 0 Å². The number of thiazole rings is 1. The Morgan fingerprint density at radius 1 is 1.43 bits per heavy atom. The van der Waals surface area contributed by atoms with E-state index in [1.807, 2.05) is 37.4 Å². The molecule has 0 aliphatic carbocycles. The van der Waals surface area contributed by atoms with Crippen LogP contribution in [0.4, 0.5) is 10.8 Å². The van der Waals surface area contributed by atoms with E-state index in [9.17, 15) is 0 Å². The molecule has 14 heavy (non-hydrogen) atoms. The highest BCUT2D eigenvalue weighted by Gasteiger charge is 1.98. The molecular weight excluding hydrogens is 216 g/mol. The van der Waals surface area contributed by atoms with Crippen molar-refractivity contribution in [3.63, 3.8) is 0 Å². The monoisotopic (exact) mass is 224 g/mol. The molecule has 0 aliphatic rings. The minimum Gasteiger partial charge on any atom is -0.331 e. The van der Waals surface area contributed by atoms with Crippen LogP contribution in [0.5, 0.6) is 0 Å². The van der Waals surface area contributed by atoms with Gasteiger partial charge in [-0.2, -0.15) is 0 Å². The van der Waals surface area contributed by atoms with Crippen LogP contribution in [0.25, 0.3) is 0 Å². The zero-order valence-electron chi connectivity index (χ0n) is 7.62. The summed E-state index contributed by atoms with van der Waals surface area (Å²) in [6.45, 7) is 2.03. The van der Waals surface area contributed by atoms with Crippen molar-refractivity contribution in [2.75, 3.05) is 5.32 Å². The van der Waals surface area contributed by atoms with Gasteiger partial charge < -0.3 is 5.32 Å². The molecule has 0 atom stereocenters. The maximum absolute atomic E-state index is 5.86. The second-order valence-electron chi connectivity index (χ2n) is 2.91. The molecule has 1 aromatic carbocycles. The molecule has 72 valence electrons. The predicted molar refractivity (Wildman–Crippen MR) is 61.6 cm³/mol. The summed E-state index contributed by atoms with van der Waals surface area (Å²) in [6.07, 6.45) is 1.84. The third-order valence-electron chi connectivity index (χ3n) is 1.70. The molecule has 2 rings (SSSR count). The number of nitrogens with one attached hydrogen (secondary N) is 1. The Hall–Kier alpha value is -1.06. The van der Waals surface area contributed by atoms with Gasteiger partial charge >= 0.3 is 0 Å². The average Bonchev–Trinajstić information content (AvgIpc) is 2.51. The lowest BCUT2D eigenvalue weighted by atomic mass is 10.3. The fraction of sp³-hybridized carbons (Fsp3) is 0.100. The van der Waals surface area contributed by atoms with Crippen LogP contribution in [0.1, 0.15) is 4.88 Å². The molecular formula is C10H9ClN2S. The Balaban J connectivity index is 2.18. The average molecular weight is 225 g/mol. The van der Waals surface area contributed by atoms with Crippen molar-refractivity contribution >= 4 is 33.8 Å². The molecule has 0 fully saturated rings. The van der Waals surface area contributed by atoms with E-state index in [-0.39, 0.29) is 0 Å². The molecule has 2 nitrogen and oxygen atoms in total. The van der Waals surface area contributed by atoms with Gasteiger partial charge in [0.2, 0.25) is 0 Å². The number of halogens is 1. The zero-order valence-corrected chi connectivity index (χ0v) is 9.19. The van der Waals surface area contributed by atoms with Gasteiger partial charge in [-0.15, -0.1) is 11.3 Å². The van der Waals surface area contributed by atoms with Gasteiger partial charge in [0, 0.05) is 21.8 Å². The van der Waals surface area contributed by atoms with Crippen molar-refractivity contribution in [2.24, 2.45) is 0 Å². The summed E-state index contributed by atoms with van der Waals surface area (Å²) in [5.74, 6) is 0. The first-order chi connectivity index (χ1) is 6.74. The third-order valence-corrected chi connectivity index (χ3v) is 2.76. The van der Waals surface area contributed by atoms with Crippen molar-refractivity contribution in [3.05, 3.63) is 40.4 Å². The number of nitrogens with zero attached hydrogens (tertiary/aromatic N) is 1. The molecule has 0 amide bonds. The number of anilines is 2. The summed E-state index contributed by atoms with van der Waals surface area (Å²) < 4.78 is 0. The Bertz CT molecular complexity index is 439. The number of benzene rings is 1. The Kier molecular flexibility index (Phi) is 2.70. The van der Waals surface area contributed by atoms with Crippen molar-refractivity contribution in [2.45, 2.75) is 6.92 Å². The van der Waals surface area contributed by atoms with Gasteiger partial charge in [0.25, 0.3) is 0 Å². The minimum absolute atomic E-state index is 0.725. The van der Waals surface area contributed by atoms with E-state index >= 15 is 0 Å². The van der Waals surface area contributed by atoms with E-state index < -0.39 is 0 Å². The molecule has 1 aromatic heterocycles. The van der Waals surface area contributed by atoms with Crippen LogP contribution in [-0.2, 0) is 0 Å². The lowest BCUT2D eigenvalue weighted by Crippen LogP contribution is -1.87. The third kappa shape index (κ3) is 2.25. The summed E-state index contributed by atoms with van der Waals surface area (Å²) >= 11 is 7.48. The number of hydrogen-bond donors (Lipinski definition) is 1. The van der Waals surface area contributed by atoms with Crippen LogP contribution >= 0.6 is 22.9 Å². The van der Waals surface area contributed by atoms with Crippen LogP contribution in [0.15, 0.2) is 30.5 Å². The topological polar surface area (TPSA) is 24.9 Å². The highest BCUT2D eigenvalue weighted by atomic mass is 35.5. The van der Waals surface area contributed by atoms with Gasteiger partial charge in [0.15, 0.2) is 5.13 Å².